The predicted octanol–water partition coefficient (Wildman–Crippen LogP) is 2.97. The molecule has 0 bridgehead atoms. The smallest absolute Gasteiger partial charge is 0.338 e. The molecular weight excluding hydrogens is 358 g/mol. The van der Waals surface area contributed by atoms with Crippen LogP contribution in [0.5, 0.6) is 11.5 Å². The molecule has 7 heteroatoms. The fraction of sp³-hybridized carbons (Fsp3) is 0.263. The molecule has 136 valence electrons. The van der Waals surface area contributed by atoms with E-state index in [1.165, 1.54) is 0 Å². The third-order valence-corrected chi connectivity index (χ3v) is 3.97. The average Bonchev–Trinajstić information content (AvgIpc) is 2.90. The number of nitrogens with one attached hydrogen (secondary N) is 1. The molecule has 0 aliphatic carbocycles. The minimum absolute atomic E-state index is 0.305. The molecule has 0 saturated carbocycles. The van der Waals surface area contributed by atoms with Crippen molar-refractivity contribution in [2.24, 2.45) is 0 Å². The molecule has 6 nitrogen and oxygen atoms in total. The molecular formula is C19H18ClNO5. The Morgan fingerprint density at radius 3 is 2.54 bits per heavy atom. The first-order valence-corrected chi connectivity index (χ1v) is 8.57. The third-order valence-electron chi connectivity index (χ3n) is 3.72. The Morgan fingerprint density at radius 2 is 1.77 bits per heavy atom. The van der Waals surface area contributed by atoms with Gasteiger partial charge in [-0.2, -0.15) is 0 Å². The van der Waals surface area contributed by atoms with Gasteiger partial charge in [0.2, 0.25) is 0 Å². The van der Waals surface area contributed by atoms with Crippen molar-refractivity contribution in [1.29, 1.82) is 0 Å². The summed E-state index contributed by atoms with van der Waals surface area (Å²) in [6.07, 6.45) is 0.780. The first-order chi connectivity index (χ1) is 12.6. The lowest BCUT2D eigenvalue weighted by atomic mass is 10.2. The molecule has 0 saturated heterocycles. The summed E-state index contributed by atoms with van der Waals surface area (Å²) < 4.78 is 16.1. The highest BCUT2D eigenvalue weighted by Gasteiger charge is 2.16. The Hall–Kier alpha value is -2.73. The number of benzene rings is 2. The van der Waals surface area contributed by atoms with E-state index in [0.29, 0.717) is 41.8 Å². The number of fused-ring (bicyclic) bond motifs is 1. The van der Waals surface area contributed by atoms with Crippen molar-refractivity contribution < 1.29 is 23.8 Å². The zero-order valence-electron chi connectivity index (χ0n) is 14.0. The van der Waals surface area contributed by atoms with Crippen LogP contribution < -0.4 is 14.8 Å². The fourth-order valence-electron chi connectivity index (χ4n) is 2.36. The van der Waals surface area contributed by atoms with Crippen molar-refractivity contribution >= 4 is 23.5 Å². The van der Waals surface area contributed by atoms with Crippen molar-refractivity contribution in [3.63, 3.8) is 0 Å². The van der Waals surface area contributed by atoms with E-state index in [9.17, 15) is 9.59 Å². The van der Waals surface area contributed by atoms with E-state index >= 15 is 0 Å². The highest BCUT2D eigenvalue weighted by molar-refractivity contribution is 6.30. The first-order valence-electron chi connectivity index (χ1n) is 8.20. The minimum Gasteiger partial charge on any atom is -0.490 e. The quantitative estimate of drug-likeness (QED) is 0.813. The molecule has 2 aromatic carbocycles. The van der Waals surface area contributed by atoms with Gasteiger partial charge in [-0.25, -0.2) is 4.79 Å². The van der Waals surface area contributed by atoms with Crippen LogP contribution in [0.25, 0.3) is 0 Å². The molecule has 0 radical (unpaired) electrons. The monoisotopic (exact) mass is 375 g/mol. The molecule has 0 unspecified atom stereocenters. The van der Waals surface area contributed by atoms with Crippen LogP contribution >= 0.6 is 11.6 Å². The summed E-state index contributed by atoms with van der Waals surface area (Å²) in [5, 5.41) is 3.31. The van der Waals surface area contributed by atoms with Gasteiger partial charge in [-0.1, -0.05) is 23.7 Å². The Morgan fingerprint density at radius 1 is 1.04 bits per heavy atom. The van der Waals surface area contributed by atoms with Gasteiger partial charge in [0.25, 0.3) is 5.91 Å². The normalized spacial score (nSPS) is 12.8. The second-order valence-corrected chi connectivity index (χ2v) is 6.13. The molecule has 2 aromatic rings. The maximum atomic E-state index is 12.1. The van der Waals surface area contributed by atoms with E-state index in [4.69, 9.17) is 25.8 Å². The summed E-state index contributed by atoms with van der Waals surface area (Å²) in [6.45, 7) is 1.07. The SMILES string of the molecule is O=C(COC(=O)c1ccc2c(c1)OCCCO2)NCc1ccc(Cl)cc1. The predicted molar refractivity (Wildman–Crippen MR) is 95.6 cm³/mol. The number of amides is 1. The van der Waals surface area contributed by atoms with E-state index in [0.717, 1.165) is 12.0 Å². The molecule has 0 spiro atoms. The second kappa shape index (κ2) is 8.58. The highest BCUT2D eigenvalue weighted by Crippen LogP contribution is 2.30. The standard InChI is InChI=1S/C19H18ClNO5/c20-15-5-2-13(3-6-15)11-21-18(22)12-26-19(23)14-4-7-16-17(10-14)25-9-1-8-24-16/h2-7,10H,1,8-9,11-12H2,(H,21,22). The van der Waals surface area contributed by atoms with Crippen molar-refractivity contribution in [2.75, 3.05) is 19.8 Å². The molecule has 1 heterocycles. The van der Waals surface area contributed by atoms with Gasteiger partial charge >= 0.3 is 5.97 Å². The average molecular weight is 376 g/mol. The molecule has 1 amide bonds. The Balaban J connectivity index is 1.49. The van der Waals surface area contributed by atoms with Crippen molar-refractivity contribution in [3.8, 4) is 11.5 Å². The van der Waals surface area contributed by atoms with Gasteiger partial charge in [0.05, 0.1) is 18.8 Å². The van der Waals surface area contributed by atoms with Crippen LogP contribution in [0, 0.1) is 0 Å². The van der Waals surface area contributed by atoms with Gasteiger partial charge in [0, 0.05) is 18.0 Å². The second-order valence-electron chi connectivity index (χ2n) is 5.69. The Bertz CT molecular complexity index is 791. The largest absolute Gasteiger partial charge is 0.490 e. The number of esters is 1. The summed E-state index contributed by atoms with van der Waals surface area (Å²) in [5.74, 6) is 0.119. The highest BCUT2D eigenvalue weighted by atomic mass is 35.5. The van der Waals surface area contributed by atoms with Gasteiger partial charge in [-0.3, -0.25) is 4.79 Å². The van der Waals surface area contributed by atoms with Gasteiger partial charge in [0.1, 0.15) is 0 Å². The molecule has 1 aliphatic heterocycles. The summed E-state index contributed by atoms with van der Waals surface area (Å²) in [4.78, 5) is 24.0. The molecule has 26 heavy (non-hydrogen) atoms. The van der Waals surface area contributed by atoms with Crippen LogP contribution in [-0.2, 0) is 16.1 Å². The van der Waals surface area contributed by atoms with Crippen LogP contribution in [0.15, 0.2) is 42.5 Å². The first kappa shape index (κ1) is 18.1. The molecule has 0 atom stereocenters. The van der Waals surface area contributed by atoms with Crippen LogP contribution in [0.4, 0.5) is 0 Å². The lowest BCUT2D eigenvalue weighted by Crippen LogP contribution is -2.28. The lowest BCUT2D eigenvalue weighted by molar-refractivity contribution is -0.124. The van der Waals surface area contributed by atoms with E-state index in [1.54, 1.807) is 30.3 Å². The zero-order valence-corrected chi connectivity index (χ0v) is 14.8. The summed E-state index contributed by atoms with van der Waals surface area (Å²) in [5.41, 5.74) is 1.21. The zero-order chi connectivity index (χ0) is 18.4. The number of rotatable bonds is 5. The Labute approximate surface area is 156 Å². The molecule has 0 fully saturated rings. The number of hydrogen-bond donors (Lipinski definition) is 1. The van der Waals surface area contributed by atoms with Crippen molar-refractivity contribution in [1.82, 2.24) is 5.32 Å². The van der Waals surface area contributed by atoms with E-state index in [1.807, 2.05) is 12.1 Å². The fourth-order valence-corrected chi connectivity index (χ4v) is 2.48. The Kier molecular flexibility index (Phi) is 5.96. The van der Waals surface area contributed by atoms with Crippen LogP contribution in [0.1, 0.15) is 22.3 Å². The summed E-state index contributed by atoms with van der Waals surface area (Å²) >= 11 is 5.81. The molecule has 0 aromatic heterocycles. The summed E-state index contributed by atoms with van der Waals surface area (Å²) in [7, 11) is 0. The number of hydrogen-bond acceptors (Lipinski definition) is 5. The van der Waals surface area contributed by atoms with Crippen molar-refractivity contribution in [3.05, 3.63) is 58.6 Å². The van der Waals surface area contributed by atoms with Gasteiger partial charge in [-0.15, -0.1) is 0 Å². The minimum atomic E-state index is -0.595. The third kappa shape index (κ3) is 4.89. The lowest BCUT2D eigenvalue weighted by Gasteiger charge is -2.10. The van der Waals surface area contributed by atoms with Crippen molar-refractivity contribution in [2.45, 2.75) is 13.0 Å². The number of carbonyl (C=O) groups excluding carboxylic acids is 2. The van der Waals surface area contributed by atoms with Gasteiger partial charge in [0.15, 0.2) is 18.1 Å². The van der Waals surface area contributed by atoms with Crippen LogP contribution in [-0.4, -0.2) is 31.7 Å². The number of halogens is 1. The van der Waals surface area contributed by atoms with E-state index < -0.39 is 5.97 Å². The molecule has 1 aliphatic rings. The molecule has 3 rings (SSSR count). The number of ether oxygens (including phenoxy) is 3. The maximum Gasteiger partial charge on any atom is 0.338 e. The van der Waals surface area contributed by atoms with E-state index in [-0.39, 0.29) is 12.5 Å². The molecule has 1 N–H and O–H groups in total. The topological polar surface area (TPSA) is 73.9 Å². The number of carbonyl (C=O) groups is 2. The summed E-state index contributed by atoms with van der Waals surface area (Å²) in [6, 6.07) is 11.9. The van der Waals surface area contributed by atoms with Gasteiger partial charge < -0.3 is 19.5 Å². The van der Waals surface area contributed by atoms with Gasteiger partial charge in [-0.05, 0) is 35.9 Å². The maximum absolute atomic E-state index is 12.1. The van der Waals surface area contributed by atoms with E-state index in [2.05, 4.69) is 5.32 Å². The van der Waals surface area contributed by atoms with Crippen LogP contribution in [0.2, 0.25) is 5.02 Å². The van der Waals surface area contributed by atoms with Crippen LogP contribution in [0.3, 0.4) is 0 Å².